The molecule has 2 aliphatic heterocycles. The summed E-state index contributed by atoms with van der Waals surface area (Å²) < 4.78 is 5.10. The summed E-state index contributed by atoms with van der Waals surface area (Å²) in [6.45, 7) is 0.408. The fourth-order valence-electron chi connectivity index (χ4n) is 2.03. The van der Waals surface area contributed by atoms with E-state index in [-0.39, 0.29) is 11.7 Å². The van der Waals surface area contributed by atoms with Crippen LogP contribution in [0.3, 0.4) is 0 Å². The monoisotopic (exact) mass is 237 g/mol. The van der Waals surface area contributed by atoms with Crippen molar-refractivity contribution in [1.29, 1.82) is 0 Å². The van der Waals surface area contributed by atoms with Gasteiger partial charge in [-0.15, -0.1) is 0 Å². The maximum absolute atomic E-state index is 11.1. The smallest absolute Gasteiger partial charge is 0.352 e. The van der Waals surface area contributed by atoms with Crippen LogP contribution in [0.25, 0.3) is 0 Å². The highest BCUT2D eigenvalue weighted by atomic mass is 16.5. The molecule has 0 fully saturated rings. The normalized spacial score (nSPS) is 22.1. The van der Waals surface area contributed by atoms with Crippen LogP contribution in [0.5, 0.6) is 0 Å². The maximum Gasteiger partial charge on any atom is 0.352 e. The Morgan fingerprint density at radius 2 is 2.35 bits per heavy atom. The first-order valence-electron chi connectivity index (χ1n) is 5.33. The molecule has 6 heteroatoms. The molecule has 2 aliphatic rings. The number of dihydropyridines is 1. The number of methoxy groups -OCH3 is 1. The minimum atomic E-state index is -0.968. The van der Waals surface area contributed by atoms with E-state index in [4.69, 9.17) is 15.6 Å². The number of ether oxygens (including phenoxy) is 1. The molecule has 0 radical (unpaired) electrons. The van der Waals surface area contributed by atoms with Gasteiger partial charge in [0.2, 0.25) is 0 Å². The van der Waals surface area contributed by atoms with Crippen molar-refractivity contribution < 1.29 is 14.6 Å². The predicted molar refractivity (Wildman–Crippen MR) is 61.6 cm³/mol. The molecule has 0 aromatic heterocycles. The Morgan fingerprint density at radius 3 is 2.94 bits per heavy atom. The number of carboxylic acids is 1. The molecular formula is C11H15N3O3. The molecule has 0 aromatic carbocycles. The van der Waals surface area contributed by atoms with Gasteiger partial charge >= 0.3 is 5.97 Å². The topological polar surface area (TPSA) is 96.6 Å². The molecule has 0 spiro atoms. The second-order valence-corrected chi connectivity index (χ2v) is 3.80. The Balaban J connectivity index is 2.31. The molecule has 5 N–H and O–H groups in total. The highest BCUT2D eigenvalue weighted by Gasteiger charge is 2.34. The molecule has 0 amide bonds. The van der Waals surface area contributed by atoms with Crippen LogP contribution in [0.2, 0.25) is 0 Å². The van der Waals surface area contributed by atoms with Crippen molar-refractivity contribution in [2.75, 3.05) is 13.7 Å². The average Bonchev–Trinajstić information content (AvgIpc) is 2.68. The van der Waals surface area contributed by atoms with Crippen LogP contribution in [0.1, 0.15) is 6.42 Å². The first kappa shape index (κ1) is 11.5. The maximum atomic E-state index is 11.1. The molecule has 0 aliphatic carbocycles. The van der Waals surface area contributed by atoms with Gasteiger partial charge in [0, 0.05) is 5.70 Å². The lowest BCUT2D eigenvalue weighted by atomic mass is 10.0. The van der Waals surface area contributed by atoms with Crippen molar-refractivity contribution in [3.63, 3.8) is 0 Å². The Labute approximate surface area is 98.8 Å². The largest absolute Gasteiger partial charge is 0.482 e. The second-order valence-electron chi connectivity index (χ2n) is 3.80. The van der Waals surface area contributed by atoms with E-state index in [0.29, 0.717) is 18.8 Å². The minimum Gasteiger partial charge on any atom is -0.482 e. The number of carboxylic acid groups (broad SMARTS) is 1. The van der Waals surface area contributed by atoms with E-state index in [0.717, 1.165) is 11.3 Å². The molecule has 2 rings (SSSR count). The Bertz CT molecular complexity index is 437. The Hall–Kier alpha value is -1.95. The van der Waals surface area contributed by atoms with Crippen molar-refractivity contribution in [1.82, 2.24) is 10.6 Å². The van der Waals surface area contributed by atoms with Gasteiger partial charge in [0.15, 0.2) is 5.88 Å². The zero-order valence-electron chi connectivity index (χ0n) is 9.49. The third kappa shape index (κ3) is 1.99. The molecule has 0 saturated carbocycles. The number of nitrogens with one attached hydrogen (secondary N) is 2. The van der Waals surface area contributed by atoms with Crippen LogP contribution in [0, 0.1) is 0 Å². The molecule has 2 heterocycles. The van der Waals surface area contributed by atoms with Crippen molar-refractivity contribution in [2.24, 2.45) is 5.73 Å². The molecule has 1 atom stereocenters. The molecule has 0 bridgehead atoms. The van der Waals surface area contributed by atoms with Gasteiger partial charge in [-0.2, -0.15) is 0 Å². The van der Waals surface area contributed by atoms with Crippen LogP contribution >= 0.6 is 0 Å². The number of allylic oxidation sites excluding steroid dienone is 2. The SMILES string of the molecule is COC1=CC=C2NC(C(=O)O)=C(CCN)C2N1. The number of fused-ring (bicyclic) bond motifs is 1. The van der Waals surface area contributed by atoms with Gasteiger partial charge < -0.3 is 26.2 Å². The molecule has 1 unspecified atom stereocenters. The molecule has 6 nitrogen and oxygen atoms in total. The van der Waals surface area contributed by atoms with Gasteiger partial charge in [0.1, 0.15) is 5.70 Å². The fraction of sp³-hybridized carbons (Fsp3) is 0.364. The number of rotatable bonds is 4. The van der Waals surface area contributed by atoms with Crippen LogP contribution in [0.4, 0.5) is 0 Å². The quantitative estimate of drug-likeness (QED) is 0.532. The van der Waals surface area contributed by atoms with Gasteiger partial charge in [-0.3, -0.25) is 0 Å². The third-order valence-corrected chi connectivity index (χ3v) is 2.80. The van der Waals surface area contributed by atoms with Gasteiger partial charge in [0.25, 0.3) is 0 Å². The summed E-state index contributed by atoms with van der Waals surface area (Å²) in [5.41, 5.74) is 7.29. The third-order valence-electron chi connectivity index (χ3n) is 2.80. The fourth-order valence-corrected chi connectivity index (χ4v) is 2.03. The van der Waals surface area contributed by atoms with E-state index in [1.54, 1.807) is 13.2 Å². The van der Waals surface area contributed by atoms with Gasteiger partial charge in [-0.1, -0.05) is 0 Å². The number of aliphatic carboxylic acids is 1. The van der Waals surface area contributed by atoms with Crippen molar-refractivity contribution >= 4 is 5.97 Å². The second kappa shape index (κ2) is 4.50. The number of hydrogen-bond donors (Lipinski definition) is 4. The molecular weight excluding hydrogens is 222 g/mol. The first-order valence-corrected chi connectivity index (χ1v) is 5.33. The molecule has 0 saturated heterocycles. The highest BCUT2D eigenvalue weighted by molar-refractivity contribution is 5.89. The van der Waals surface area contributed by atoms with Crippen molar-refractivity contribution in [3.05, 3.63) is 35.0 Å². The Morgan fingerprint density at radius 1 is 1.59 bits per heavy atom. The van der Waals surface area contributed by atoms with Crippen LogP contribution < -0.4 is 16.4 Å². The zero-order valence-corrected chi connectivity index (χ0v) is 9.49. The van der Waals surface area contributed by atoms with E-state index in [2.05, 4.69) is 10.6 Å². The van der Waals surface area contributed by atoms with Gasteiger partial charge in [-0.05, 0) is 30.7 Å². The van der Waals surface area contributed by atoms with E-state index in [1.807, 2.05) is 6.08 Å². The lowest BCUT2D eigenvalue weighted by molar-refractivity contribution is -0.133. The average molecular weight is 237 g/mol. The number of hydrogen-bond acceptors (Lipinski definition) is 5. The summed E-state index contributed by atoms with van der Waals surface area (Å²) in [6, 6.07) is -0.176. The van der Waals surface area contributed by atoms with E-state index in [1.165, 1.54) is 0 Å². The van der Waals surface area contributed by atoms with E-state index in [9.17, 15) is 4.79 Å². The standard InChI is InChI=1S/C11H15N3O3/c1-17-8-3-2-7-9(14-8)6(4-5-12)10(13-7)11(15)16/h2-3,9,13-14H,4-5,12H2,1H3,(H,15,16). The number of nitrogens with two attached hydrogens (primary N) is 1. The van der Waals surface area contributed by atoms with E-state index < -0.39 is 5.97 Å². The van der Waals surface area contributed by atoms with Gasteiger partial charge in [0.05, 0.1) is 13.2 Å². The molecule has 0 aromatic rings. The lowest BCUT2D eigenvalue weighted by Gasteiger charge is -2.22. The summed E-state index contributed by atoms with van der Waals surface area (Å²) in [6.07, 6.45) is 4.09. The Kier molecular flexibility index (Phi) is 3.06. The summed E-state index contributed by atoms with van der Waals surface area (Å²) in [5, 5.41) is 15.1. The molecule has 92 valence electrons. The van der Waals surface area contributed by atoms with Crippen molar-refractivity contribution in [2.45, 2.75) is 12.5 Å². The minimum absolute atomic E-state index is 0.176. The summed E-state index contributed by atoms with van der Waals surface area (Å²) in [5.74, 6) is -0.355. The van der Waals surface area contributed by atoms with Crippen LogP contribution in [0.15, 0.2) is 35.0 Å². The predicted octanol–water partition coefficient (Wildman–Crippen LogP) is -0.379. The summed E-state index contributed by atoms with van der Waals surface area (Å²) >= 11 is 0. The zero-order chi connectivity index (χ0) is 12.4. The van der Waals surface area contributed by atoms with E-state index >= 15 is 0 Å². The van der Waals surface area contributed by atoms with Gasteiger partial charge in [-0.25, -0.2) is 4.79 Å². The summed E-state index contributed by atoms with van der Waals surface area (Å²) in [7, 11) is 1.56. The van der Waals surface area contributed by atoms with Crippen LogP contribution in [-0.2, 0) is 9.53 Å². The van der Waals surface area contributed by atoms with Crippen LogP contribution in [-0.4, -0.2) is 30.8 Å². The highest BCUT2D eigenvalue weighted by Crippen LogP contribution is 2.28. The molecule has 17 heavy (non-hydrogen) atoms. The van der Waals surface area contributed by atoms with Crippen molar-refractivity contribution in [3.8, 4) is 0 Å². The lowest BCUT2D eigenvalue weighted by Crippen LogP contribution is -2.35. The number of carbonyl (C=O) groups is 1. The first-order chi connectivity index (χ1) is 8.17. The summed E-state index contributed by atoms with van der Waals surface area (Å²) in [4.78, 5) is 11.1.